The molecule has 34 heavy (non-hydrogen) atoms. The second-order valence-corrected chi connectivity index (χ2v) is 9.96. The molecule has 1 N–H and O–H groups in total. The third-order valence-electron chi connectivity index (χ3n) is 5.40. The molecule has 170 valence electrons. The fraction of sp³-hybridized carbons (Fsp3) is 0.0385. The summed E-state index contributed by atoms with van der Waals surface area (Å²) >= 11 is 5.98. The quantitative estimate of drug-likeness (QED) is 0.313. The minimum atomic E-state index is -4.00. The van der Waals surface area contributed by atoms with E-state index in [0.29, 0.717) is 22.0 Å². The van der Waals surface area contributed by atoms with Crippen molar-refractivity contribution in [1.29, 1.82) is 0 Å². The maximum absolute atomic E-state index is 13.4. The highest BCUT2D eigenvalue weighted by molar-refractivity contribution is 7.92. The molecule has 0 atom stereocenters. The van der Waals surface area contributed by atoms with Crippen LogP contribution in [0.15, 0.2) is 106 Å². The van der Waals surface area contributed by atoms with E-state index in [1.807, 2.05) is 30.3 Å². The van der Waals surface area contributed by atoms with E-state index < -0.39 is 22.5 Å². The molecule has 0 aliphatic carbocycles. The van der Waals surface area contributed by atoms with Crippen LogP contribution in [0.2, 0.25) is 5.02 Å². The first-order valence-corrected chi connectivity index (χ1v) is 12.3. The molecule has 6 nitrogen and oxygen atoms in total. The van der Waals surface area contributed by atoms with Crippen molar-refractivity contribution in [3.63, 3.8) is 0 Å². The lowest BCUT2D eigenvalue weighted by Gasteiger charge is -2.24. The largest absolute Gasteiger partial charge is 0.456 e. The normalized spacial score (nSPS) is 11.6. The number of anilines is 2. The van der Waals surface area contributed by atoms with Crippen LogP contribution >= 0.6 is 11.6 Å². The molecule has 0 aliphatic heterocycles. The molecule has 5 aromatic rings. The Morgan fingerprint density at radius 1 is 0.824 bits per heavy atom. The van der Waals surface area contributed by atoms with Gasteiger partial charge >= 0.3 is 0 Å². The molecule has 8 heteroatoms. The highest BCUT2D eigenvalue weighted by Gasteiger charge is 2.27. The Morgan fingerprint density at radius 2 is 1.50 bits per heavy atom. The average molecular weight is 491 g/mol. The lowest BCUT2D eigenvalue weighted by molar-refractivity contribution is -0.114. The van der Waals surface area contributed by atoms with Crippen LogP contribution in [-0.4, -0.2) is 20.9 Å². The molecule has 0 aliphatic rings. The van der Waals surface area contributed by atoms with Crippen molar-refractivity contribution in [2.24, 2.45) is 0 Å². The molecule has 1 aromatic heterocycles. The van der Waals surface area contributed by atoms with E-state index in [2.05, 4.69) is 5.32 Å². The van der Waals surface area contributed by atoms with Gasteiger partial charge in [-0.2, -0.15) is 0 Å². The summed E-state index contributed by atoms with van der Waals surface area (Å²) in [5, 5.41) is 5.16. The van der Waals surface area contributed by atoms with Crippen molar-refractivity contribution in [2.45, 2.75) is 4.90 Å². The number of nitrogens with zero attached hydrogens (tertiary/aromatic N) is 1. The number of fused-ring (bicyclic) bond motifs is 3. The summed E-state index contributed by atoms with van der Waals surface area (Å²) in [4.78, 5) is 13.1. The zero-order valence-corrected chi connectivity index (χ0v) is 19.4. The number of nitrogens with one attached hydrogen (secondary N) is 1. The number of rotatable bonds is 6. The van der Waals surface area contributed by atoms with Gasteiger partial charge in [0, 0.05) is 27.5 Å². The highest BCUT2D eigenvalue weighted by atomic mass is 35.5. The molecule has 0 fully saturated rings. The minimum absolute atomic E-state index is 0.0847. The maximum Gasteiger partial charge on any atom is 0.264 e. The van der Waals surface area contributed by atoms with Gasteiger partial charge in [0.25, 0.3) is 10.0 Å². The molecule has 1 amide bonds. The second kappa shape index (κ2) is 8.85. The first-order chi connectivity index (χ1) is 16.4. The molecule has 0 radical (unpaired) electrons. The number of sulfonamides is 1. The van der Waals surface area contributed by atoms with Crippen molar-refractivity contribution >= 4 is 60.8 Å². The maximum atomic E-state index is 13.4. The number of furan rings is 1. The summed E-state index contributed by atoms with van der Waals surface area (Å²) in [6.45, 7) is -0.420. The summed E-state index contributed by atoms with van der Waals surface area (Å²) in [7, 11) is -4.00. The van der Waals surface area contributed by atoms with Crippen molar-refractivity contribution < 1.29 is 17.6 Å². The Balaban J connectivity index is 1.44. The number of hydrogen-bond donors (Lipinski definition) is 1. The van der Waals surface area contributed by atoms with Gasteiger partial charge in [-0.3, -0.25) is 9.10 Å². The Bertz CT molecular complexity index is 1600. The van der Waals surface area contributed by atoms with E-state index in [-0.39, 0.29) is 4.90 Å². The van der Waals surface area contributed by atoms with Gasteiger partial charge in [-0.15, -0.1) is 0 Å². The Labute approximate surface area is 201 Å². The summed E-state index contributed by atoms with van der Waals surface area (Å²) < 4.78 is 33.7. The fourth-order valence-corrected chi connectivity index (χ4v) is 5.34. The van der Waals surface area contributed by atoms with Gasteiger partial charge in [0.1, 0.15) is 17.7 Å². The SMILES string of the molecule is O=C(CN(c1ccc(Cl)cc1)S(=O)(=O)c1ccccc1)Nc1ccc2c(c1)oc1ccccc12. The van der Waals surface area contributed by atoms with Crippen LogP contribution in [-0.2, 0) is 14.8 Å². The number of para-hydroxylation sites is 1. The predicted octanol–water partition coefficient (Wildman–Crippen LogP) is 6.07. The van der Waals surface area contributed by atoms with Crippen LogP contribution < -0.4 is 9.62 Å². The smallest absolute Gasteiger partial charge is 0.264 e. The van der Waals surface area contributed by atoms with E-state index in [4.69, 9.17) is 16.0 Å². The molecular weight excluding hydrogens is 472 g/mol. The molecule has 0 bridgehead atoms. The van der Waals surface area contributed by atoms with Crippen molar-refractivity contribution in [3.05, 3.63) is 102 Å². The third-order valence-corrected chi connectivity index (χ3v) is 7.44. The highest BCUT2D eigenvalue weighted by Crippen LogP contribution is 2.30. The molecule has 0 saturated heterocycles. The minimum Gasteiger partial charge on any atom is -0.456 e. The molecule has 0 saturated carbocycles. The molecular formula is C26H19ClN2O4S. The number of halogens is 1. The first-order valence-electron chi connectivity index (χ1n) is 10.5. The lowest BCUT2D eigenvalue weighted by Crippen LogP contribution is -2.38. The average Bonchev–Trinajstić information content (AvgIpc) is 3.21. The lowest BCUT2D eigenvalue weighted by atomic mass is 10.1. The molecule has 0 spiro atoms. The molecule has 4 aromatic carbocycles. The summed E-state index contributed by atoms with van der Waals surface area (Å²) in [6.07, 6.45) is 0. The van der Waals surface area contributed by atoms with Gasteiger partial charge in [-0.05, 0) is 54.6 Å². The van der Waals surface area contributed by atoms with Crippen molar-refractivity contribution in [2.75, 3.05) is 16.2 Å². The monoisotopic (exact) mass is 490 g/mol. The third kappa shape index (κ3) is 4.23. The number of amides is 1. The van der Waals surface area contributed by atoms with Crippen LogP contribution in [0, 0.1) is 0 Å². The van der Waals surface area contributed by atoms with Crippen LogP contribution in [0.25, 0.3) is 21.9 Å². The summed E-state index contributed by atoms with van der Waals surface area (Å²) in [5.41, 5.74) is 2.22. The van der Waals surface area contributed by atoms with Crippen molar-refractivity contribution in [1.82, 2.24) is 0 Å². The number of hydrogen-bond acceptors (Lipinski definition) is 4. The molecule has 0 unspecified atom stereocenters. The molecule has 1 heterocycles. The molecule has 5 rings (SSSR count). The number of benzene rings is 4. The first kappa shape index (κ1) is 22.0. The number of carbonyl (C=O) groups is 1. The van der Waals surface area contributed by atoms with Gasteiger partial charge in [-0.1, -0.05) is 48.0 Å². The van der Waals surface area contributed by atoms with Gasteiger partial charge < -0.3 is 9.73 Å². The zero-order chi connectivity index (χ0) is 23.7. The van der Waals surface area contributed by atoms with Crippen LogP contribution in [0.4, 0.5) is 11.4 Å². The second-order valence-electron chi connectivity index (χ2n) is 7.66. The van der Waals surface area contributed by atoms with E-state index in [1.165, 1.54) is 12.1 Å². The Kier molecular flexibility index (Phi) is 5.73. The van der Waals surface area contributed by atoms with E-state index in [1.54, 1.807) is 54.6 Å². The van der Waals surface area contributed by atoms with Gasteiger partial charge in [0.05, 0.1) is 10.6 Å². The van der Waals surface area contributed by atoms with Crippen LogP contribution in [0.1, 0.15) is 0 Å². The zero-order valence-electron chi connectivity index (χ0n) is 17.8. The number of carbonyl (C=O) groups excluding carboxylic acids is 1. The predicted molar refractivity (Wildman–Crippen MR) is 135 cm³/mol. The topological polar surface area (TPSA) is 79.6 Å². The van der Waals surface area contributed by atoms with E-state index >= 15 is 0 Å². The summed E-state index contributed by atoms with van der Waals surface area (Å²) in [5.74, 6) is -0.495. The Morgan fingerprint density at radius 3 is 2.26 bits per heavy atom. The van der Waals surface area contributed by atoms with Gasteiger partial charge in [-0.25, -0.2) is 8.42 Å². The van der Waals surface area contributed by atoms with Crippen LogP contribution in [0.3, 0.4) is 0 Å². The van der Waals surface area contributed by atoms with Gasteiger partial charge in [0.15, 0.2) is 0 Å². The van der Waals surface area contributed by atoms with E-state index in [9.17, 15) is 13.2 Å². The van der Waals surface area contributed by atoms with Crippen LogP contribution in [0.5, 0.6) is 0 Å². The Hall–Kier alpha value is -3.81. The van der Waals surface area contributed by atoms with Crippen molar-refractivity contribution in [3.8, 4) is 0 Å². The summed E-state index contributed by atoms with van der Waals surface area (Å²) in [6, 6.07) is 27.3. The standard InChI is InChI=1S/C26H19ClN2O4S/c27-18-10-13-20(14-11-18)29(34(31,32)21-6-2-1-3-7-21)17-26(30)28-19-12-15-23-22-8-4-5-9-24(22)33-25(23)16-19/h1-16H,17H2,(H,28,30). The van der Waals surface area contributed by atoms with Gasteiger partial charge in [0.2, 0.25) is 5.91 Å². The fourth-order valence-electron chi connectivity index (χ4n) is 3.78. The van der Waals surface area contributed by atoms with E-state index in [0.717, 1.165) is 20.7 Å².